The summed E-state index contributed by atoms with van der Waals surface area (Å²) in [6.07, 6.45) is 7.06. The molecule has 1 amide bonds. The smallest absolute Gasteiger partial charge is 0.228 e. The van der Waals surface area contributed by atoms with Crippen LogP contribution in [0.15, 0.2) is 24.8 Å². The van der Waals surface area contributed by atoms with E-state index in [1.165, 1.54) is 6.42 Å². The number of benzene rings is 1. The van der Waals surface area contributed by atoms with Crippen LogP contribution in [0.25, 0.3) is 0 Å². The van der Waals surface area contributed by atoms with Crippen LogP contribution in [0.5, 0.6) is 11.5 Å². The van der Waals surface area contributed by atoms with E-state index in [0.29, 0.717) is 24.6 Å². The maximum Gasteiger partial charge on any atom is 0.228 e. The summed E-state index contributed by atoms with van der Waals surface area (Å²) in [6.45, 7) is 6.08. The van der Waals surface area contributed by atoms with Gasteiger partial charge < -0.3 is 20.1 Å². The minimum absolute atomic E-state index is 0. The van der Waals surface area contributed by atoms with Gasteiger partial charge in [-0.25, -0.2) is 0 Å². The molecule has 6 heteroatoms. The maximum absolute atomic E-state index is 13.0. The topological polar surface area (TPSA) is 59.6 Å². The number of allylic oxidation sites excluding steroid dienone is 1. The molecule has 0 radical (unpaired) electrons. The van der Waals surface area contributed by atoms with Crippen LogP contribution < -0.4 is 20.1 Å². The Morgan fingerprint density at radius 2 is 2.19 bits per heavy atom. The summed E-state index contributed by atoms with van der Waals surface area (Å²) in [7, 11) is 3.27. The van der Waals surface area contributed by atoms with E-state index in [1.54, 1.807) is 14.2 Å². The highest BCUT2D eigenvalue weighted by atomic mass is 35.5. The number of amides is 1. The molecule has 1 aliphatic carbocycles. The van der Waals surface area contributed by atoms with E-state index >= 15 is 0 Å². The molecule has 2 fully saturated rings. The summed E-state index contributed by atoms with van der Waals surface area (Å²) in [4.78, 5) is 13.0. The second-order valence-corrected chi connectivity index (χ2v) is 7.40. The normalized spacial score (nSPS) is 23.7. The molecule has 0 aromatic heterocycles. The van der Waals surface area contributed by atoms with Crippen LogP contribution in [-0.2, 0) is 17.8 Å². The molecule has 0 bridgehead atoms. The van der Waals surface area contributed by atoms with Gasteiger partial charge in [-0.2, -0.15) is 0 Å². The van der Waals surface area contributed by atoms with Crippen LogP contribution in [0.4, 0.5) is 0 Å². The molecular formula is C21H31ClN2O3. The lowest BCUT2D eigenvalue weighted by Gasteiger charge is -2.37. The first-order chi connectivity index (χ1) is 12.6. The average molecular weight is 395 g/mol. The van der Waals surface area contributed by atoms with Crippen molar-refractivity contribution in [2.45, 2.75) is 38.6 Å². The van der Waals surface area contributed by atoms with Crippen molar-refractivity contribution in [1.82, 2.24) is 10.6 Å². The minimum atomic E-state index is -0.223. The Bertz CT molecular complexity index is 680. The zero-order valence-electron chi connectivity index (χ0n) is 16.3. The van der Waals surface area contributed by atoms with Gasteiger partial charge in [0.25, 0.3) is 0 Å². The number of nitrogens with one attached hydrogen (secondary N) is 2. The van der Waals surface area contributed by atoms with Crippen LogP contribution in [-0.4, -0.2) is 33.2 Å². The summed E-state index contributed by atoms with van der Waals surface area (Å²) >= 11 is 0. The van der Waals surface area contributed by atoms with Gasteiger partial charge in [0.1, 0.15) is 0 Å². The van der Waals surface area contributed by atoms with Gasteiger partial charge in [0.15, 0.2) is 11.5 Å². The Morgan fingerprint density at radius 1 is 1.37 bits per heavy atom. The second-order valence-electron chi connectivity index (χ2n) is 7.40. The summed E-state index contributed by atoms with van der Waals surface area (Å²) in [6, 6.07) is 4.00. The highest BCUT2D eigenvalue weighted by molar-refractivity contribution is 5.85. The SMILES string of the molecule is C=CCc1cc(CNC(=O)[C@@]23CCCC[C@H]2CNC3)cc(OC)c1OC.Cl. The highest BCUT2D eigenvalue weighted by Crippen LogP contribution is 2.44. The number of methoxy groups -OCH3 is 2. The van der Waals surface area contributed by atoms with Gasteiger partial charge in [-0.05, 0) is 49.4 Å². The van der Waals surface area contributed by atoms with Crippen LogP contribution in [0.3, 0.4) is 0 Å². The molecule has 0 spiro atoms. The maximum atomic E-state index is 13.0. The van der Waals surface area contributed by atoms with Gasteiger partial charge in [-0.1, -0.05) is 18.9 Å². The van der Waals surface area contributed by atoms with E-state index < -0.39 is 0 Å². The second kappa shape index (κ2) is 9.47. The van der Waals surface area contributed by atoms with E-state index in [0.717, 1.165) is 49.2 Å². The first-order valence-corrected chi connectivity index (χ1v) is 9.48. The van der Waals surface area contributed by atoms with Gasteiger partial charge in [0.05, 0.1) is 19.6 Å². The van der Waals surface area contributed by atoms with Crippen molar-refractivity contribution in [3.8, 4) is 11.5 Å². The molecule has 1 aliphatic heterocycles. The Hall–Kier alpha value is -1.72. The fourth-order valence-electron chi connectivity index (χ4n) is 4.56. The van der Waals surface area contributed by atoms with Gasteiger partial charge in [0, 0.05) is 18.7 Å². The molecule has 5 nitrogen and oxygen atoms in total. The third kappa shape index (κ3) is 4.25. The Kier molecular flexibility index (Phi) is 7.57. The van der Waals surface area contributed by atoms with Crippen molar-refractivity contribution in [3.05, 3.63) is 35.9 Å². The average Bonchev–Trinajstić information content (AvgIpc) is 3.11. The number of ether oxygens (including phenoxy) is 2. The lowest BCUT2D eigenvalue weighted by molar-refractivity contribution is -0.134. The van der Waals surface area contributed by atoms with Crippen LogP contribution >= 0.6 is 12.4 Å². The van der Waals surface area contributed by atoms with E-state index in [1.807, 2.05) is 12.1 Å². The van der Waals surface area contributed by atoms with Crippen LogP contribution in [0.2, 0.25) is 0 Å². The van der Waals surface area contributed by atoms with Gasteiger partial charge in [0.2, 0.25) is 5.91 Å². The number of rotatable bonds is 7. The molecule has 3 rings (SSSR count). The summed E-state index contributed by atoms with van der Waals surface area (Å²) in [5, 5.41) is 6.62. The van der Waals surface area contributed by atoms with Crippen molar-refractivity contribution < 1.29 is 14.3 Å². The summed E-state index contributed by atoms with van der Waals surface area (Å²) < 4.78 is 11.0. The predicted octanol–water partition coefficient (Wildman–Crippen LogP) is 3.25. The van der Waals surface area contributed by atoms with Crippen molar-refractivity contribution in [1.29, 1.82) is 0 Å². The van der Waals surface area contributed by atoms with Crippen molar-refractivity contribution in [3.63, 3.8) is 0 Å². The van der Waals surface area contributed by atoms with Crippen molar-refractivity contribution in [2.75, 3.05) is 27.3 Å². The van der Waals surface area contributed by atoms with E-state index in [2.05, 4.69) is 23.3 Å². The fraction of sp³-hybridized carbons (Fsp3) is 0.571. The zero-order chi connectivity index (χ0) is 18.6. The molecule has 150 valence electrons. The third-order valence-corrected chi connectivity index (χ3v) is 5.92. The molecule has 2 N–H and O–H groups in total. The number of fused-ring (bicyclic) bond motifs is 1. The minimum Gasteiger partial charge on any atom is -0.493 e. The predicted molar refractivity (Wildman–Crippen MR) is 110 cm³/mol. The van der Waals surface area contributed by atoms with Crippen LogP contribution in [0, 0.1) is 11.3 Å². The van der Waals surface area contributed by atoms with Gasteiger partial charge >= 0.3 is 0 Å². The molecule has 1 aromatic carbocycles. The number of carbonyl (C=O) groups excluding carboxylic acids is 1. The molecule has 1 heterocycles. The molecule has 1 saturated carbocycles. The van der Waals surface area contributed by atoms with E-state index in [-0.39, 0.29) is 23.7 Å². The first-order valence-electron chi connectivity index (χ1n) is 9.48. The molecule has 0 unspecified atom stereocenters. The molecule has 2 aliphatic rings. The van der Waals surface area contributed by atoms with Gasteiger partial charge in [-0.3, -0.25) is 4.79 Å². The number of halogens is 1. The quantitative estimate of drug-likeness (QED) is 0.697. The molecule has 1 aromatic rings. The molecular weight excluding hydrogens is 364 g/mol. The Balaban J connectivity index is 0.00000261. The monoisotopic (exact) mass is 394 g/mol. The zero-order valence-corrected chi connectivity index (χ0v) is 17.1. The standard InChI is InChI=1S/C21H30N2O3.ClH/c1-4-7-16-10-15(11-18(25-2)19(16)26-3)12-23-20(24)21-9-6-5-8-17(21)13-22-14-21;/h4,10-11,17,22H,1,5-9,12-14H2,2-3H3,(H,23,24);1H/t17-,21+;/m0./s1. The van der Waals surface area contributed by atoms with Crippen LogP contribution in [0.1, 0.15) is 36.8 Å². The van der Waals surface area contributed by atoms with Crippen molar-refractivity contribution >= 4 is 18.3 Å². The molecule has 1 saturated heterocycles. The molecule has 2 atom stereocenters. The number of hydrogen-bond acceptors (Lipinski definition) is 4. The van der Waals surface area contributed by atoms with Gasteiger partial charge in [-0.15, -0.1) is 19.0 Å². The summed E-state index contributed by atoms with van der Waals surface area (Å²) in [5.74, 6) is 2.07. The lowest BCUT2D eigenvalue weighted by Crippen LogP contribution is -2.47. The van der Waals surface area contributed by atoms with E-state index in [9.17, 15) is 4.79 Å². The Morgan fingerprint density at radius 3 is 2.89 bits per heavy atom. The number of hydrogen-bond donors (Lipinski definition) is 2. The summed E-state index contributed by atoms with van der Waals surface area (Å²) in [5.41, 5.74) is 1.81. The Labute approximate surface area is 168 Å². The fourth-order valence-corrected chi connectivity index (χ4v) is 4.56. The highest BCUT2D eigenvalue weighted by Gasteiger charge is 2.49. The lowest BCUT2D eigenvalue weighted by atomic mass is 9.67. The first kappa shape index (κ1) is 21.6. The largest absolute Gasteiger partial charge is 0.493 e. The molecule has 27 heavy (non-hydrogen) atoms. The number of carbonyl (C=O) groups is 1. The van der Waals surface area contributed by atoms with E-state index in [4.69, 9.17) is 9.47 Å². The van der Waals surface area contributed by atoms with Crippen molar-refractivity contribution in [2.24, 2.45) is 11.3 Å². The third-order valence-electron chi connectivity index (χ3n) is 5.92.